The van der Waals surface area contributed by atoms with E-state index in [0.29, 0.717) is 5.92 Å². The van der Waals surface area contributed by atoms with Crippen molar-refractivity contribution in [2.75, 3.05) is 19.0 Å². The normalized spacial score (nSPS) is 16.3. The van der Waals surface area contributed by atoms with Crippen LogP contribution in [0.2, 0.25) is 5.02 Å². The number of nitrogens with zero attached hydrogens (tertiary/aromatic N) is 1. The van der Waals surface area contributed by atoms with Gasteiger partial charge in [0.2, 0.25) is 5.91 Å². The average Bonchev–Trinajstić information content (AvgIpc) is 2.18. The van der Waals surface area contributed by atoms with Gasteiger partial charge in [-0.25, -0.2) is 0 Å². The summed E-state index contributed by atoms with van der Waals surface area (Å²) >= 11 is 11.3. The summed E-state index contributed by atoms with van der Waals surface area (Å²) in [5.41, 5.74) is 1.23. The van der Waals surface area contributed by atoms with Crippen molar-refractivity contribution in [1.82, 2.24) is 4.90 Å². The van der Waals surface area contributed by atoms with Gasteiger partial charge in [0.25, 0.3) is 0 Å². The molecule has 1 aromatic rings. The molecule has 1 aromatic carbocycles. The van der Waals surface area contributed by atoms with Crippen molar-refractivity contribution in [2.45, 2.75) is 5.92 Å². The molecular weight excluding hydrogens is 233 g/mol. The van der Waals surface area contributed by atoms with Crippen LogP contribution >= 0.6 is 23.2 Å². The Morgan fingerprint density at radius 1 is 1.33 bits per heavy atom. The van der Waals surface area contributed by atoms with Crippen molar-refractivity contribution < 1.29 is 4.79 Å². The first-order valence-electron chi connectivity index (χ1n) is 4.80. The van der Waals surface area contributed by atoms with Crippen LogP contribution in [-0.4, -0.2) is 29.8 Å². The zero-order valence-electron chi connectivity index (χ0n) is 8.12. The van der Waals surface area contributed by atoms with Crippen molar-refractivity contribution in [3.8, 4) is 0 Å². The summed E-state index contributed by atoms with van der Waals surface area (Å²) in [5.74, 6) is 0.532. The zero-order valence-corrected chi connectivity index (χ0v) is 9.63. The molecule has 0 bridgehead atoms. The van der Waals surface area contributed by atoms with Crippen LogP contribution < -0.4 is 0 Å². The van der Waals surface area contributed by atoms with E-state index in [-0.39, 0.29) is 11.8 Å². The molecule has 0 aromatic heterocycles. The second-order valence-corrected chi connectivity index (χ2v) is 4.38. The second-order valence-electron chi connectivity index (χ2n) is 3.68. The number of carbonyl (C=O) groups excluding carboxylic acids is 1. The van der Waals surface area contributed by atoms with Crippen molar-refractivity contribution in [1.29, 1.82) is 0 Å². The minimum absolute atomic E-state index is 0.0156. The van der Waals surface area contributed by atoms with Crippen molar-refractivity contribution in [3.63, 3.8) is 0 Å². The molecule has 1 aliphatic heterocycles. The third-order valence-corrected chi connectivity index (χ3v) is 3.17. The summed E-state index contributed by atoms with van der Waals surface area (Å²) in [6, 6.07) is 7.77. The van der Waals surface area contributed by atoms with E-state index in [4.69, 9.17) is 23.2 Å². The summed E-state index contributed by atoms with van der Waals surface area (Å²) < 4.78 is 0. The number of amides is 1. The Morgan fingerprint density at radius 3 is 2.47 bits per heavy atom. The highest BCUT2D eigenvalue weighted by atomic mass is 35.5. The van der Waals surface area contributed by atoms with Crippen LogP contribution in [-0.2, 0) is 4.79 Å². The van der Waals surface area contributed by atoms with Gasteiger partial charge >= 0.3 is 0 Å². The molecule has 1 heterocycles. The Labute approximate surface area is 98.8 Å². The molecule has 0 saturated carbocycles. The standard InChI is InChI=1S/C11H11Cl2NO/c12-5-11(15)14-6-9(7-14)8-1-3-10(13)4-2-8/h1-4,9H,5-7H2. The Bertz CT molecular complexity index is 357. The molecule has 2 nitrogen and oxygen atoms in total. The first kappa shape index (κ1) is 10.8. The highest BCUT2D eigenvalue weighted by Gasteiger charge is 2.30. The zero-order chi connectivity index (χ0) is 10.8. The number of hydrogen-bond acceptors (Lipinski definition) is 1. The fourth-order valence-electron chi connectivity index (χ4n) is 1.71. The highest BCUT2D eigenvalue weighted by Crippen LogP contribution is 2.27. The van der Waals surface area contributed by atoms with Gasteiger partial charge in [0.15, 0.2) is 0 Å². The van der Waals surface area contributed by atoms with Gasteiger partial charge in [0, 0.05) is 24.0 Å². The van der Waals surface area contributed by atoms with E-state index < -0.39 is 0 Å². The second kappa shape index (κ2) is 4.42. The summed E-state index contributed by atoms with van der Waals surface area (Å²) in [6.07, 6.45) is 0. The molecule has 1 fully saturated rings. The molecule has 0 aliphatic carbocycles. The van der Waals surface area contributed by atoms with Gasteiger partial charge in [0.1, 0.15) is 5.88 Å². The van der Waals surface area contributed by atoms with Crippen LogP contribution in [0.25, 0.3) is 0 Å². The summed E-state index contributed by atoms with van der Waals surface area (Å²) in [5, 5.41) is 0.742. The van der Waals surface area contributed by atoms with Crippen LogP contribution in [0.4, 0.5) is 0 Å². The fourth-order valence-corrected chi connectivity index (χ4v) is 2.01. The molecule has 1 aliphatic rings. The lowest BCUT2D eigenvalue weighted by atomic mass is 9.91. The number of alkyl halides is 1. The first-order valence-corrected chi connectivity index (χ1v) is 5.71. The van der Waals surface area contributed by atoms with Gasteiger partial charge in [0.05, 0.1) is 0 Å². The van der Waals surface area contributed by atoms with E-state index in [1.54, 1.807) is 4.90 Å². The monoisotopic (exact) mass is 243 g/mol. The van der Waals surface area contributed by atoms with Crippen LogP contribution in [0.1, 0.15) is 11.5 Å². The average molecular weight is 244 g/mol. The molecule has 1 amide bonds. The van der Waals surface area contributed by atoms with Crippen LogP contribution in [0.15, 0.2) is 24.3 Å². The van der Waals surface area contributed by atoms with Crippen LogP contribution in [0.3, 0.4) is 0 Å². The molecule has 0 unspecified atom stereocenters. The SMILES string of the molecule is O=C(CCl)N1CC(c2ccc(Cl)cc2)C1. The molecule has 2 rings (SSSR count). The van der Waals surface area contributed by atoms with Crippen molar-refractivity contribution in [3.05, 3.63) is 34.9 Å². The third kappa shape index (κ3) is 2.27. The number of hydrogen-bond donors (Lipinski definition) is 0. The smallest absolute Gasteiger partial charge is 0.237 e. The number of benzene rings is 1. The van der Waals surface area contributed by atoms with E-state index in [1.165, 1.54) is 5.56 Å². The lowest BCUT2D eigenvalue weighted by molar-refractivity contribution is -0.132. The van der Waals surface area contributed by atoms with Gasteiger partial charge in [-0.05, 0) is 17.7 Å². The van der Waals surface area contributed by atoms with Gasteiger partial charge in [-0.15, -0.1) is 11.6 Å². The molecule has 0 spiro atoms. The Kier molecular flexibility index (Phi) is 3.17. The molecule has 4 heteroatoms. The minimum Gasteiger partial charge on any atom is -0.340 e. The quantitative estimate of drug-likeness (QED) is 0.732. The highest BCUT2D eigenvalue weighted by molar-refractivity contribution is 6.30. The molecule has 0 N–H and O–H groups in total. The van der Waals surface area contributed by atoms with E-state index in [9.17, 15) is 4.79 Å². The molecule has 1 saturated heterocycles. The minimum atomic E-state index is 0.0156. The van der Waals surface area contributed by atoms with Crippen LogP contribution in [0.5, 0.6) is 0 Å². The van der Waals surface area contributed by atoms with E-state index >= 15 is 0 Å². The van der Waals surface area contributed by atoms with E-state index in [1.807, 2.05) is 24.3 Å². The maximum atomic E-state index is 11.2. The molecule has 15 heavy (non-hydrogen) atoms. The number of carbonyl (C=O) groups is 1. The summed E-state index contributed by atoms with van der Waals surface area (Å²) in [4.78, 5) is 13.0. The Morgan fingerprint density at radius 2 is 1.93 bits per heavy atom. The first-order chi connectivity index (χ1) is 7.20. The Balaban J connectivity index is 1.94. The summed E-state index contributed by atoms with van der Waals surface area (Å²) in [7, 11) is 0. The molecular formula is C11H11Cl2NO. The number of rotatable bonds is 2. The predicted octanol–water partition coefficient (Wildman–Crippen LogP) is 2.50. The molecule has 80 valence electrons. The summed E-state index contributed by atoms with van der Waals surface area (Å²) in [6.45, 7) is 1.54. The predicted molar refractivity (Wildman–Crippen MR) is 61.5 cm³/mol. The van der Waals surface area contributed by atoms with Crippen molar-refractivity contribution in [2.24, 2.45) is 0 Å². The lowest BCUT2D eigenvalue weighted by Gasteiger charge is -2.39. The number of halogens is 2. The largest absolute Gasteiger partial charge is 0.340 e. The van der Waals surface area contributed by atoms with E-state index in [0.717, 1.165) is 18.1 Å². The maximum absolute atomic E-state index is 11.2. The topological polar surface area (TPSA) is 20.3 Å². The van der Waals surface area contributed by atoms with Gasteiger partial charge in [-0.2, -0.15) is 0 Å². The number of likely N-dealkylation sites (tertiary alicyclic amines) is 1. The fraction of sp³-hybridized carbons (Fsp3) is 0.364. The van der Waals surface area contributed by atoms with Gasteiger partial charge in [-0.1, -0.05) is 23.7 Å². The van der Waals surface area contributed by atoms with E-state index in [2.05, 4.69) is 0 Å². The van der Waals surface area contributed by atoms with Gasteiger partial charge in [-0.3, -0.25) is 4.79 Å². The van der Waals surface area contributed by atoms with Crippen LogP contribution in [0, 0.1) is 0 Å². The van der Waals surface area contributed by atoms with Gasteiger partial charge < -0.3 is 4.90 Å². The Hall–Kier alpha value is -0.730. The molecule has 0 radical (unpaired) electrons. The van der Waals surface area contributed by atoms with Crippen molar-refractivity contribution >= 4 is 29.1 Å². The lowest BCUT2D eigenvalue weighted by Crippen LogP contribution is -2.48. The molecule has 0 atom stereocenters. The maximum Gasteiger partial charge on any atom is 0.237 e. The third-order valence-electron chi connectivity index (χ3n) is 2.69.